The fraction of sp³-hybridized carbons (Fsp3) is 0.143. The summed E-state index contributed by atoms with van der Waals surface area (Å²) in [4.78, 5) is 0.00213. The van der Waals surface area contributed by atoms with Crippen LogP contribution in [-0.4, -0.2) is 15.5 Å². The highest BCUT2D eigenvalue weighted by molar-refractivity contribution is 9.10. The lowest BCUT2D eigenvalue weighted by atomic mass is 10.2. The monoisotopic (exact) mass is 373 g/mol. The first kappa shape index (κ1) is 15.8. The number of rotatable bonds is 4. The third-order valence-electron chi connectivity index (χ3n) is 2.90. The number of nitrogens with two attached hydrogens (primary N) is 1. The maximum atomic E-state index is 13.2. The van der Waals surface area contributed by atoms with Crippen molar-refractivity contribution in [3.63, 3.8) is 0 Å². The molecule has 2 rings (SSSR count). The van der Waals surface area contributed by atoms with E-state index in [4.69, 9.17) is 10.5 Å². The maximum Gasteiger partial charge on any atom is 0.184 e. The van der Waals surface area contributed by atoms with E-state index in [1.54, 1.807) is 6.07 Å². The lowest BCUT2D eigenvalue weighted by Crippen LogP contribution is -2.08. The molecule has 0 aliphatic rings. The minimum atomic E-state index is -3.65. The van der Waals surface area contributed by atoms with Gasteiger partial charge in [0, 0.05) is 6.07 Å². The van der Waals surface area contributed by atoms with E-state index in [0.29, 0.717) is 11.3 Å². The Balaban J connectivity index is 2.40. The molecule has 0 unspecified atom stereocenters. The summed E-state index contributed by atoms with van der Waals surface area (Å²) in [6, 6.07) is 8.51. The average molecular weight is 374 g/mol. The zero-order chi connectivity index (χ0) is 15.6. The molecule has 2 N–H and O–H groups in total. The van der Waals surface area contributed by atoms with Crippen LogP contribution in [0.15, 0.2) is 45.8 Å². The maximum absolute atomic E-state index is 13.2. The number of halogens is 2. The zero-order valence-electron chi connectivity index (χ0n) is 11.1. The van der Waals surface area contributed by atoms with Crippen molar-refractivity contribution in [2.24, 2.45) is 0 Å². The van der Waals surface area contributed by atoms with Gasteiger partial charge in [0.25, 0.3) is 0 Å². The topological polar surface area (TPSA) is 69.4 Å². The van der Waals surface area contributed by atoms with E-state index in [-0.39, 0.29) is 20.8 Å². The molecule has 112 valence electrons. The number of methoxy groups -OCH3 is 1. The van der Waals surface area contributed by atoms with Crippen molar-refractivity contribution in [2.45, 2.75) is 10.6 Å². The summed E-state index contributed by atoms with van der Waals surface area (Å²) in [5.41, 5.74) is 6.35. The van der Waals surface area contributed by atoms with Crippen LogP contribution in [0.5, 0.6) is 5.75 Å². The quantitative estimate of drug-likeness (QED) is 0.835. The van der Waals surface area contributed by atoms with Crippen LogP contribution >= 0.6 is 15.9 Å². The molecule has 0 saturated heterocycles. The molecule has 2 aromatic rings. The van der Waals surface area contributed by atoms with Crippen molar-refractivity contribution in [2.75, 3.05) is 12.8 Å². The number of hydrogen-bond donors (Lipinski definition) is 1. The Kier molecular flexibility index (Phi) is 4.53. The van der Waals surface area contributed by atoms with Gasteiger partial charge in [0.1, 0.15) is 11.6 Å². The van der Waals surface area contributed by atoms with Gasteiger partial charge in [0.15, 0.2) is 9.84 Å². The van der Waals surface area contributed by atoms with Crippen LogP contribution in [0.3, 0.4) is 0 Å². The highest BCUT2D eigenvalue weighted by Gasteiger charge is 2.20. The lowest BCUT2D eigenvalue weighted by Gasteiger charge is -2.10. The molecular formula is C14H13BrFNO3S. The molecule has 0 amide bonds. The highest BCUT2D eigenvalue weighted by Crippen LogP contribution is 2.28. The molecular weight excluding hydrogens is 361 g/mol. The summed E-state index contributed by atoms with van der Waals surface area (Å²) < 4.78 is 43.3. The van der Waals surface area contributed by atoms with Crippen molar-refractivity contribution in [1.29, 1.82) is 0 Å². The Bertz CT molecular complexity index is 778. The summed E-state index contributed by atoms with van der Waals surface area (Å²) in [6.07, 6.45) is 0. The minimum absolute atomic E-state index is 0.00213. The third kappa shape index (κ3) is 3.54. The standard InChI is InChI=1S/C14H13BrFNO3S/c1-20-10-3-5-13(17)14(7-10)21(18,19)8-9-2-4-12(16)11(15)6-9/h2-7H,8,17H2,1H3. The van der Waals surface area contributed by atoms with E-state index in [9.17, 15) is 12.8 Å². The SMILES string of the molecule is COc1ccc(N)c(S(=O)(=O)Cc2ccc(F)c(Br)c2)c1. The smallest absolute Gasteiger partial charge is 0.184 e. The van der Waals surface area contributed by atoms with E-state index in [1.165, 1.54) is 37.4 Å². The number of nitrogen functional groups attached to an aromatic ring is 1. The van der Waals surface area contributed by atoms with Crippen molar-refractivity contribution in [3.05, 3.63) is 52.3 Å². The second kappa shape index (κ2) is 6.03. The molecule has 0 spiro atoms. The Morgan fingerprint density at radius 1 is 1.24 bits per heavy atom. The van der Waals surface area contributed by atoms with Gasteiger partial charge >= 0.3 is 0 Å². The lowest BCUT2D eigenvalue weighted by molar-refractivity contribution is 0.413. The van der Waals surface area contributed by atoms with Gasteiger partial charge in [0.2, 0.25) is 0 Å². The fourth-order valence-electron chi connectivity index (χ4n) is 1.84. The fourth-order valence-corrected chi connectivity index (χ4v) is 3.76. The molecule has 0 radical (unpaired) electrons. The van der Waals surface area contributed by atoms with Crippen molar-refractivity contribution in [3.8, 4) is 5.75 Å². The number of anilines is 1. The number of benzene rings is 2. The van der Waals surface area contributed by atoms with Gasteiger partial charge in [-0.15, -0.1) is 0 Å². The summed E-state index contributed by atoms with van der Waals surface area (Å²) >= 11 is 3.03. The van der Waals surface area contributed by atoms with E-state index in [0.717, 1.165) is 0 Å². The van der Waals surface area contributed by atoms with Crippen LogP contribution in [0.2, 0.25) is 0 Å². The third-order valence-corrected chi connectivity index (χ3v) is 5.24. The highest BCUT2D eigenvalue weighted by atomic mass is 79.9. The van der Waals surface area contributed by atoms with E-state index in [2.05, 4.69) is 15.9 Å². The number of sulfone groups is 1. The van der Waals surface area contributed by atoms with Gasteiger partial charge in [-0.3, -0.25) is 0 Å². The van der Waals surface area contributed by atoms with E-state index in [1.807, 2.05) is 0 Å². The second-order valence-electron chi connectivity index (χ2n) is 4.41. The summed E-state index contributed by atoms with van der Waals surface area (Å²) in [5, 5.41) is 0. The van der Waals surface area contributed by atoms with Crippen molar-refractivity contribution >= 4 is 31.5 Å². The first-order valence-electron chi connectivity index (χ1n) is 5.93. The van der Waals surface area contributed by atoms with Crippen LogP contribution in [0.1, 0.15) is 5.56 Å². The van der Waals surface area contributed by atoms with Crippen LogP contribution < -0.4 is 10.5 Å². The van der Waals surface area contributed by atoms with Gasteiger partial charge in [0.05, 0.1) is 27.9 Å². The molecule has 0 atom stereocenters. The normalized spacial score (nSPS) is 11.4. The Hall–Kier alpha value is -1.60. The van der Waals surface area contributed by atoms with Crippen LogP contribution in [0.25, 0.3) is 0 Å². The predicted octanol–water partition coefficient (Wildman–Crippen LogP) is 3.15. The molecule has 4 nitrogen and oxygen atoms in total. The van der Waals surface area contributed by atoms with Gasteiger partial charge in [-0.05, 0) is 45.8 Å². The number of ether oxygens (including phenoxy) is 1. The summed E-state index contributed by atoms with van der Waals surface area (Å²) in [6.45, 7) is 0. The van der Waals surface area contributed by atoms with Crippen LogP contribution in [0, 0.1) is 5.82 Å². The summed E-state index contributed by atoms with van der Waals surface area (Å²) in [5.74, 6) is -0.316. The zero-order valence-corrected chi connectivity index (χ0v) is 13.5. The molecule has 7 heteroatoms. The van der Waals surface area contributed by atoms with Gasteiger partial charge in [-0.25, -0.2) is 12.8 Å². The molecule has 0 heterocycles. The van der Waals surface area contributed by atoms with E-state index < -0.39 is 15.7 Å². The summed E-state index contributed by atoms with van der Waals surface area (Å²) in [7, 11) is -2.21. The average Bonchev–Trinajstić information content (AvgIpc) is 2.43. The van der Waals surface area contributed by atoms with Crippen LogP contribution in [0.4, 0.5) is 10.1 Å². The first-order chi connectivity index (χ1) is 9.83. The molecule has 0 aromatic heterocycles. The molecule has 0 saturated carbocycles. The molecule has 0 aliphatic carbocycles. The molecule has 0 fully saturated rings. The Labute approximate surface area is 130 Å². The largest absolute Gasteiger partial charge is 0.497 e. The first-order valence-corrected chi connectivity index (χ1v) is 8.38. The number of hydrogen-bond acceptors (Lipinski definition) is 4. The Morgan fingerprint density at radius 2 is 1.95 bits per heavy atom. The van der Waals surface area contributed by atoms with Gasteiger partial charge in [-0.1, -0.05) is 6.07 Å². The van der Waals surface area contributed by atoms with E-state index >= 15 is 0 Å². The predicted molar refractivity (Wildman–Crippen MR) is 82.4 cm³/mol. The molecule has 0 aliphatic heterocycles. The van der Waals surface area contributed by atoms with Crippen molar-refractivity contribution in [1.82, 2.24) is 0 Å². The Morgan fingerprint density at radius 3 is 2.57 bits per heavy atom. The molecule has 2 aromatic carbocycles. The second-order valence-corrected chi connectivity index (χ2v) is 7.22. The van der Waals surface area contributed by atoms with Crippen LogP contribution in [-0.2, 0) is 15.6 Å². The van der Waals surface area contributed by atoms with Gasteiger partial charge in [-0.2, -0.15) is 0 Å². The molecule has 0 bridgehead atoms. The van der Waals surface area contributed by atoms with Crippen molar-refractivity contribution < 1.29 is 17.5 Å². The minimum Gasteiger partial charge on any atom is -0.497 e. The van der Waals surface area contributed by atoms with Gasteiger partial charge < -0.3 is 10.5 Å². The molecule has 21 heavy (non-hydrogen) atoms.